The third-order valence-electron chi connectivity index (χ3n) is 4.10. The topological polar surface area (TPSA) is 53.9 Å². The second-order valence-electron chi connectivity index (χ2n) is 5.93. The van der Waals surface area contributed by atoms with Crippen molar-refractivity contribution in [3.63, 3.8) is 0 Å². The number of anilines is 1. The minimum Gasteiger partial charge on any atom is -0.497 e. The number of halogens is 2. The zero-order chi connectivity index (χ0) is 18.5. The van der Waals surface area contributed by atoms with E-state index >= 15 is 0 Å². The summed E-state index contributed by atoms with van der Waals surface area (Å²) in [5.41, 5.74) is 1.62. The molecule has 2 aromatic carbocycles. The van der Waals surface area contributed by atoms with Gasteiger partial charge in [-0.05, 0) is 48.5 Å². The molecule has 0 radical (unpaired) electrons. The van der Waals surface area contributed by atoms with Crippen LogP contribution in [0.25, 0.3) is 0 Å². The van der Waals surface area contributed by atoms with Crippen molar-refractivity contribution in [3.8, 4) is 5.75 Å². The number of aliphatic imine (C=N–C) groups is 1. The number of nitrogens with zero attached hydrogens (tertiary/aromatic N) is 2. The third kappa shape index (κ3) is 5.79. The van der Waals surface area contributed by atoms with Gasteiger partial charge in [0.25, 0.3) is 0 Å². The molecular formula is C19H21Cl2N3O2S. The number of rotatable bonds is 5. The highest BCUT2D eigenvalue weighted by Gasteiger charge is 2.29. The van der Waals surface area contributed by atoms with Crippen LogP contribution in [0.4, 0.5) is 11.4 Å². The zero-order valence-corrected chi connectivity index (χ0v) is 17.4. The van der Waals surface area contributed by atoms with Crippen LogP contribution in [0.5, 0.6) is 5.75 Å². The van der Waals surface area contributed by atoms with Crippen molar-refractivity contribution < 1.29 is 9.53 Å². The number of ether oxygens (including phenoxy) is 1. The molecule has 1 N–H and O–H groups in total. The highest BCUT2D eigenvalue weighted by atomic mass is 35.5. The molecule has 0 bridgehead atoms. The fourth-order valence-electron chi connectivity index (χ4n) is 2.57. The van der Waals surface area contributed by atoms with Crippen molar-refractivity contribution in [1.82, 2.24) is 4.90 Å². The van der Waals surface area contributed by atoms with Gasteiger partial charge in [-0.1, -0.05) is 23.4 Å². The van der Waals surface area contributed by atoms with Crippen LogP contribution >= 0.6 is 35.8 Å². The minimum absolute atomic E-state index is 0. The predicted molar refractivity (Wildman–Crippen MR) is 116 cm³/mol. The summed E-state index contributed by atoms with van der Waals surface area (Å²) in [4.78, 5) is 19.0. The summed E-state index contributed by atoms with van der Waals surface area (Å²) < 4.78 is 5.16. The third-order valence-corrected chi connectivity index (χ3v) is 5.54. The van der Waals surface area contributed by atoms with Crippen LogP contribution in [0.1, 0.15) is 6.42 Å². The lowest BCUT2D eigenvalue weighted by atomic mass is 10.2. The molecule has 1 amide bonds. The standard InChI is InChI=1S/C19H20ClN3O2S.ClH/c1-23-16(11-18(24)21-14-5-3-13(20)4-6-14)12-26-19(23)22-15-7-9-17(25-2)10-8-15;/h3-10,16H,11-12H2,1-2H3,(H,21,24);1H. The average molecular weight is 426 g/mol. The van der Waals surface area contributed by atoms with Gasteiger partial charge >= 0.3 is 0 Å². The molecule has 3 rings (SSSR count). The molecule has 0 saturated carbocycles. The SMILES string of the molecule is COc1ccc(N=C2SCC(CC(=O)Nc3ccc(Cl)cc3)N2C)cc1.Cl. The van der Waals surface area contributed by atoms with Gasteiger partial charge in [0, 0.05) is 36.0 Å². The van der Waals surface area contributed by atoms with Gasteiger partial charge in [0.1, 0.15) is 5.75 Å². The van der Waals surface area contributed by atoms with Crippen molar-refractivity contribution in [1.29, 1.82) is 0 Å². The van der Waals surface area contributed by atoms with E-state index < -0.39 is 0 Å². The van der Waals surface area contributed by atoms with E-state index in [1.807, 2.05) is 31.3 Å². The molecule has 1 atom stereocenters. The van der Waals surface area contributed by atoms with Crippen LogP contribution in [-0.4, -0.2) is 41.9 Å². The fraction of sp³-hybridized carbons (Fsp3) is 0.263. The molecule has 1 fully saturated rings. The van der Waals surface area contributed by atoms with Gasteiger partial charge in [-0.3, -0.25) is 4.79 Å². The maximum absolute atomic E-state index is 12.3. The first kappa shape index (κ1) is 21.4. The van der Waals surface area contributed by atoms with Crippen molar-refractivity contribution in [3.05, 3.63) is 53.6 Å². The Bertz CT molecular complexity index is 798. The van der Waals surface area contributed by atoms with E-state index in [-0.39, 0.29) is 24.4 Å². The van der Waals surface area contributed by atoms with Crippen molar-refractivity contribution in [2.75, 3.05) is 25.2 Å². The molecule has 1 saturated heterocycles. The Morgan fingerprint density at radius 3 is 2.56 bits per heavy atom. The van der Waals surface area contributed by atoms with E-state index in [4.69, 9.17) is 16.3 Å². The van der Waals surface area contributed by atoms with Crippen LogP contribution in [0, 0.1) is 0 Å². The Hall–Kier alpha value is -1.89. The lowest BCUT2D eigenvalue weighted by Crippen LogP contribution is -2.33. The largest absolute Gasteiger partial charge is 0.497 e. The zero-order valence-electron chi connectivity index (χ0n) is 15.0. The van der Waals surface area contributed by atoms with E-state index in [0.717, 1.165) is 28.0 Å². The average Bonchev–Trinajstić information content (AvgIpc) is 2.97. The molecule has 1 aliphatic rings. The van der Waals surface area contributed by atoms with Gasteiger partial charge < -0.3 is 15.0 Å². The number of amidine groups is 1. The smallest absolute Gasteiger partial charge is 0.226 e. The minimum atomic E-state index is -0.0181. The number of benzene rings is 2. The molecule has 5 nitrogen and oxygen atoms in total. The van der Waals surface area contributed by atoms with Crippen LogP contribution in [0.3, 0.4) is 0 Å². The molecule has 8 heteroatoms. The van der Waals surface area contributed by atoms with Gasteiger partial charge in [0.15, 0.2) is 5.17 Å². The molecule has 27 heavy (non-hydrogen) atoms. The molecule has 144 valence electrons. The summed E-state index contributed by atoms with van der Waals surface area (Å²) in [7, 11) is 3.61. The Morgan fingerprint density at radius 1 is 1.26 bits per heavy atom. The summed E-state index contributed by atoms with van der Waals surface area (Å²) in [5.74, 6) is 1.62. The summed E-state index contributed by atoms with van der Waals surface area (Å²) in [6.45, 7) is 0. The molecule has 1 aliphatic heterocycles. The Balaban J connectivity index is 0.00000261. The van der Waals surface area contributed by atoms with Gasteiger partial charge in [-0.2, -0.15) is 0 Å². The Labute approximate surface area is 174 Å². The second kappa shape index (κ2) is 9.88. The van der Waals surface area contributed by atoms with Gasteiger partial charge in [0.05, 0.1) is 12.8 Å². The monoisotopic (exact) mass is 425 g/mol. The quantitative estimate of drug-likeness (QED) is 0.744. The van der Waals surface area contributed by atoms with Gasteiger partial charge in [-0.15, -0.1) is 12.4 Å². The maximum atomic E-state index is 12.3. The van der Waals surface area contributed by atoms with E-state index in [1.54, 1.807) is 43.1 Å². The number of hydrogen-bond donors (Lipinski definition) is 1. The number of carbonyl (C=O) groups is 1. The molecule has 1 heterocycles. The predicted octanol–water partition coefficient (Wildman–Crippen LogP) is 4.83. The van der Waals surface area contributed by atoms with E-state index in [0.29, 0.717) is 11.4 Å². The molecule has 0 aliphatic carbocycles. The molecular weight excluding hydrogens is 405 g/mol. The molecule has 1 unspecified atom stereocenters. The van der Waals surface area contributed by atoms with Gasteiger partial charge in [0.2, 0.25) is 5.91 Å². The van der Waals surface area contributed by atoms with Crippen molar-refractivity contribution in [2.45, 2.75) is 12.5 Å². The normalized spacial score (nSPS) is 17.5. The second-order valence-corrected chi connectivity index (χ2v) is 7.35. The summed E-state index contributed by atoms with van der Waals surface area (Å²) >= 11 is 7.52. The van der Waals surface area contributed by atoms with Crippen LogP contribution in [0.2, 0.25) is 5.02 Å². The number of carbonyl (C=O) groups excluding carboxylic acids is 1. The summed E-state index contributed by atoms with van der Waals surface area (Å²) in [5, 5.41) is 4.47. The first-order valence-corrected chi connectivity index (χ1v) is 9.55. The number of amides is 1. The highest BCUT2D eigenvalue weighted by Crippen LogP contribution is 2.28. The molecule has 0 aromatic heterocycles. The van der Waals surface area contributed by atoms with Gasteiger partial charge in [-0.25, -0.2) is 4.99 Å². The van der Waals surface area contributed by atoms with E-state index in [1.165, 1.54) is 0 Å². The fourth-order valence-corrected chi connectivity index (χ4v) is 3.91. The van der Waals surface area contributed by atoms with Crippen LogP contribution in [0.15, 0.2) is 53.5 Å². The number of nitrogens with one attached hydrogen (secondary N) is 1. The Kier molecular flexibility index (Phi) is 7.83. The number of thioether (sulfide) groups is 1. The number of hydrogen-bond acceptors (Lipinski definition) is 4. The van der Waals surface area contributed by atoms with Crippen molar-refractivity contribution in [2.24, 2.45) is 4.99 Å². The van der Waals surface area contributed by atoms with Crippen LogP contribution in [-0.2, 0) is 4.79 Å². The van der Waals surface area contributed by atoms with Crippen LogP contribution < -0.4 is 10.1 Å². The summed E-state index contributed by atoms with van der Waals surface area (Å²) in [6.07, 6.45) is 0.410. The molecule has 2 aromatic rings. The first-order valence-electron chi connectivity index (χ1n) is 8.19. The molecule has 0 spiro atoms. The lowest BCUT2D eigenvalue weighted by molar-refractivity contribution is -0.116. The number of methoxy groups -OCH3 is 1. The first-order chi connectivity index (χ1) is 12.5. The lowest BCUT2D eigenvalue weighted by Gasteiger charge is -2.20. The Morgan fingerprint density at radius 2 is 1.93 bits per heavy atom. The van der Waals surface area contributed by atoms with E-state index in [9.17, 15) is 4.79 Å². The highest BCUT2D eigenvalue weighted by molar-refractivity contribution is 8.14. The van der Waals surface area contributed by atoms with Crippen molar-refractivity contribution >= 4 is 58.2 Å². The maximum Gasteiger partial charge on any atom is 0.226 e. The van der Waals surface area contributed by atoms with E-state index in [2.05, 4.69) is 15.2 Å². The summed E-state index contributed by atoms with van der Waals surface area (Å²) in [6, 6.07) is 14.8.